The molecular formula is C16H13F2NO4. The van der Waals surface area contributed by atoms with E-state index in [0.717, 1.165) is 6.07 Å². The van der Waals surface area contributed by atoms with Crippen molar-refractivity contribution in [1.29, 1.82) is 0 Å². The first-order valence-electron chi connectivity index (χ1n) is 6.58. The summed E-state index contributed by atoms with van der Waals surface area (Å²) >= 11 is 0. The average Bonchev–Trinajstić information content (AvgIpc) is 2.52. The van der Waals surface area contributed by atoms with Gasteiger partial charge >= 0.3 is 5.97 Å². The molecule has 0 aromatic heterocycles. The van der Waals surface area contributed by atoms with Crippen molar-refractivity contribution in [2.75, 3.05) is 13.7 Å². The van der Waals surface area contributed by atoms with Gasteiger partial charge in [-0.2, -0.15) is 0 Å². The number of nitrogens with one attached hydrogen (secondary N) is 1. The van der Waals surface area contributed by atoms with Crippen molar-refractivity contribution in [3.63, 3.8) is 0 Å². The van der Waals surface area contributed by atoms with Crippen molar-refractivity contribution in [1.82, 2.24) is 5.32 Å². The quantitative estimate of drug-likeness (QED) is 0.887. The largest absolute Gasteiger partial charge is 0.483 e. The van der Waals surface area contributed by atoms with Gasteiger partial charge in [0.25, 0.3) is 5.91 Å². The number of carbonyl (C=O) groups excluding carboxylic acids is 1. The highest BCUT2D eigenvalue weighted by molar-refractivity contribution is 5.93. The van der Waals surface area contributed by atoms with Crippen LogP contribution < -0.4 is 10.1 Å². The molecule has 0 bridgehead atoms. The number of carboxylic acid groups (broad SMARTS) is 1. The highest BCUT2D eigenvalue weighted by Crippen LogP contribution is 2.29. The van der Waals surface area contributed by atoms with Crippen LogP contribution >= 0.6 is 0 Å². The van der Waals surface area contributed by atoms with E-state index in [9.17, 15) is 23.5 Å². The summed E-state index contributed by atoms with van der Waals surface area (Å²) in [7, 11) is 1.42. The van der Waals surface area contributed by atoms with Crippen LogP contribution in [-0.2, 0) is 4.79 Å². The molecule has 7 heteroatoms. The second-order valence-electron chi connectivity index (χ2n) is 4.60. The number of likely N-dealkylation sites (N-methyl/N-ethyl adjacent to an activating group) is 1. The van der Waals surface area contributed by atoms with Gasteiger partial charge < -0.3 is 15.2 Å². The van der Waals surface area contributed by atoms with E-state index in [2.05, 4.69) is 5.32 Å². The van der Waals surface area contributed by atoms with E-state index in [0.29, 0.717) is 6.07 Å². The zero-order chi connectivity index (χ0) is 17.0. The number of rotatable bonds is 5. The van der Waals surface area contributed by atoms with Gasteiger partial charge in [-0.1, -0.05) is 6.07 Å². The Bertz CT molecular complexity index is 762. The van der Waals surface area contributed by atoms with E-state index < -0.39 is 23.5 Å². The summed E-state index contributed by atoms with van der Waals surface area (Å²) in [6.07, 6.45) is 0. The molecule has 0 aliphatic heterocycles. The number of hydrogen-bond acceptors (Lipinski definition) is 3. The summed E-state index contributed by atoms with van der Waals surface area (Å²) in [5.74, 6) is -3.26. The van der Waals surface area contributed by atoms with Crippen LogP contribution in [0.25, 0.3) is 11.1 Å². The Morgan fingerprint density at radius 2 is 1.91 bits per heavy atom. The first kappa shape index (κ1) is 16.4. The van der Waals surface area contributed by atoms with Crippen molar-refractivity contribution in [2.45, 2.75) is 0 Å². The summed E-state index contributed by atoms with van der Waals surface area (Å²) in [6, 6.07) is 6.97. The Hall–Kier alpha value is -2.96. The number of ether oxygens (including phenoxy) is 1. The number of carboxylic acids is 1. The zero-order valence-corrected chi connectivity index (χ0v) is 12.1. The van der Waals surface area contributed by atoms with Crippen molar-refractivity contribution < 1.29 is 28.2 Å². The second kappa shape index (κ2) is 6.87. The van der Waals surface area contributed by atoms with Gasteiger partial charge in [0.1, 0.15) is 22.9 Å². The molecule has 0 fully saturated rings. The predicted octanol–water partition coefficient (Wildman–Crippen LogP) is 2.45. The smallest absolute Gasteiger partial charge is 0.339 e. The molecule has 0 unspecified atom stereocenters. The molecule has 2 rings (SSSR count). The van der Waals surface area contributed by atoms with E-state index in [1.807, 2.05) is 0 Å². The molecule has 0 saturated carbocycles. The standard InChI is InChI=1S/C16H13F2NO4/c1-19-15(20)8-23-14-5-2-9(6-12(14)16(21)22)11-4-3-10(17)7-13(11)18/h2-7H,8H2,1H3,(H,19,20)(H,21,22). The number of amides is 1. The van der Waals surface area contributed by atoms with Gasteiger partial charge in [-0.05, 0) is 29.8 Å². The molecule has 120 valence electrons. The second-order valence-corrected chi connectivity index (χ2v) is 4.60. The highest BCUT2D eigenvalue weighted by atomic mass is 19.1. The topological polar surface area (TPSA) is 75.6 Å². The van der Waals surface area contributed by atoms with Crippen LogP contribution in [0, 0.1) is 11.6 Å². The van der Waals surface area contributed by atoms with Crippen LogP contribution in [0.5, 0.6) is 5.75 Å². The molecule has 2 aromatic rings. The SMILES string of the molecule is CNC(=O)COc1ccc(-c2ccc(F)cc2F)cc1C(=O)O. The maximum Gasteiger partial charge on any atom is 0.339 e. The third-order valence-corrected chi connectivity index (χ3v) is 3.09. The summed E-state index contributed by atoms with van der Waals surface area (Å²) < 4.78 is 31.9. The molecule has 5 nitrogen and oxygen atoms in total. The molecule has 0 atom stereocenters. The van der Waals surface area contributed by atoms with Crippen molar-refractivity contribution in [3.8, 4) is 16.9 Å². The molecule has 0 aliphatic carbocycles. The number of carbonyl (C=O) groups is 2. The Morgan fingerprint density at radius 3 is 2.52 bits per heavy atom. The minimum absolute atomic E-state index is 0.0210. The molecule has 1 amide bonds. The summed E-state index contributed by atoms with van der Waals surface area (Å²) in [4.78, 5) is 22.5. The predicted molar refractivity (Wildman–Crippen MR) is 78.3 cm³/mol. The Morgan fingerprint density at radius 1 is 1.17 bits per heavy atom. The lowest BCUT2D eigenvalue weighted by Crippen LogP contribution is -2.25. The van der Waals surface area contributed by atoms with Crippen LogP contribution in [0.3, 0.4) is 0 Å². The monoisotopic (exact) mass is 321 g/mol. The maximum absolute atomic E-state index is 13.8. The van der Waals surface area contributed by atoms with Crippen molar-refractivity contribution in [3.05, 3.63) is 53.6 Å². The van der Waals surface area contributed by atoms with Gasteiger partial charge in [0.05, 0.1) is 0 Å². The number of hydrogen-bond donors (Lipinski definition) is 2. The molecule has 0 radical (unpaired) electrons. The minimum atomic E-state index is -1.29. The van der Waals surface area contributed by atoms with Gasteiger partial charge in [-0.3, -0.25) is 4.79 Å². The van der Waals surface area contributed by atoms with E-state index in [1.54, 1.807) is 0 Å². The number of benzene rings is 2. The first-order chi connectivity index (χ1) is 10.9. The Labute approximate surface area is 130 Å². The van der Waals surface area contributed by atoms with Crippen LogP contribution in [0.2, 0.25) is 0 Å². The highest BCUT2D eigenvalue weighted by Gasteiger charge is 2.16. The molecule has 23 heavy (non-hydrogen) atoms. The minimum Gasteiger partial charge on any atom is -0.483 e. The van der Waals surface area contributed by atoms with E-state index in [1.165, 1.54) is 31.3 Å². The summed E-state index contributed by atoms with van der Waals surface area (Å²) in [6.45, 7) is -0.346. The van der Waals surface area contributed by atoms with Crippen LogP contribution in [0.1, 0.15) is 10.4 Å². The van der Waals surface area contributed by atoms with Crippen molar-refractivity contribution >= 4 is 11.9 Å². The fourth-order valence-electron chi connectivity index (χ4n) is 1.93. The van der Waals surface area contributed by atoms with Crippen LogP contribution in [0.4, 0.5) is 8.78 Å². The Balaban J connectivity index is 2.39. The fraction of sp³-hybridized carbons (Fsp3) is 0.125. The number of halogens is 2. The zero-order valence-electron chi connectivity index (χ0n) is 12.1. The van der Waals surface area contributed by atoms with Gasteiger partial charge in [0.2, 0.25) is 0 Å². The molecule has 0 heterocycles. The van der Waals surface area contributed by atoms with Gasteiger partial charge in [0, 0.05) is 18.7 Å². The first-order valence-corrected chi connectivity index (χ1v) is 6.58. The van der Waals surface area contributed by atoms with Crippen LogP contribution in [0.15, 0.2) is 36.4 Å². The lowest BCUT2D eigenvalue weighted by atomic mass is 10.0. The molecule has 0 spiro atoms. The lowest BCUT2D eigenvalue weighted by molar-refractivity contribution is -0.122. The maximum atomic E-state index is 13.8. The summed E-state index contributed by atoms with van der Waals surface area (Å²) in [5, 5.41) is 11.6. The van der Waals surface area contributed by atoms with Crippen molar-refractivity contribution in [2.24, 2.45) is 0 Å². The lowest BCUT2D eigenvalue weighted by Gasteiger charge is -2.11. The number of aromatic carboxylic acids is 1. The molecular weight excluding hydrogens is 308 g/mol. The molecule has 0 aliphatic rings. The normalized spacial score (nSPS) is 10.2. The third kappa shape index (κ3) is 3.82. The van der Waals surface area contributed by atoms with E-state index in [-0.39, 0.29) is 29.0 Å². The fourth-order valence-corrected chi connectivity index (χ4v) is 1.93. The average molecular weight is 321 g/mol. The van der Waals surface area contributed by atoms with Gasteiger partial charge in [-0.25, -0.2) is 13.6 Å². The van der Waals surface area contributed by atoms with Gasteiger partial charge in [0.15, 0.2) is 6.61 Å². The van der Waals surface area contributed by atoms with Gasteiger partial charge in [-0.15, -0.1) is 0 Å². The molecule has 2 N–H and O–H groups in total. The molecule has 0 saturated heterocycles. The summed E-state index contributed by atoms with van der Waals surface area (Å²) in [5.41, 5.74) is 0.0917. The van der Waals surface area contributed by atoms with Crippen LogP contribution in [-0.4, -0.2) is 30.6 Å². The Kier molecular flexibility index (Phi) is 4.90. The van der Waals surface area contributed by atoms with E-state index in [4.69, 9.17) is 4.74 Å². The third-order valence-electron chi connectivity index (χ3n) is 3.09. The van der Waals surface area contributed by atoms with E-state index >= 15 is 0 Å². The molecule has 2 aromatic carbocycles.